The van der Waals surface area contributed by atoms with Crippen molar-refractivity contribution in [1.82, 2.24) is 4.13 Å². The highest BCUT2D eigenvalue weighted by Gasteiger charge is 2.35. The molecule has 39 heavy (non-hydrogen) atoms. The first-order chi connectivity index (χ1) is 18.6. The van der Waals surface area contributed by atoms with Gasteiger partial charge < -0.3 is 0 Å². The van der Waals surface area contributed by atoms with Gasteiger partial charge in [-0.15, -0.1) is 4.13 Å². The van der Waals surface area contributed by atoms with Crippen LogP contribution in [0.2, 0.25) is 0 Å². The molecule has 1 N–H and O–H groups in total. The maximum absolute atomic E-state index is 12.1. The number of hydrogen-bond donors (Lipinski definition) is 1. The van der Waals surface area contributed by atoms with Crippen LogP contribution in [0.4, 0.5) is 0 Å². The van der Waals surface area contributed by atoms with Gasteiger partial charge in [0.05, 0.1) is 9.79 Å². The summed E-state index contributed by atoms with van der Waals surface area (Å²) in [6, 6.07) is 34.0. The molecule has 4 aromatic carbocycles. The Morgan fingerprint density at radius 2 is 0.872 bits per heavy atom. The molecular formula is C32H35NO4S2. The molecule has 1 fully saturated rings. The summed E-state index contributed by atoms with van der Waals surface area (Å²) in [7, 11) is -8.26. The van der Waals surface area contributed by atoms with E-state index in [9.17, 15) is 16.8 Å². The lowest BCUT2D eigenvalue weighted by Gasteiger charge is -2.38. The van der Waals surface area contributed by atoms with Gasteiger partial charge in [0, 0.05) is 5.41 Å². The molecule has 0 spiro atoms. The average molecular weight is 562 g/mol. The van der Waals surface area contributed by atoms with E-state index < -0.39 is 20.0 Å². The average Bonchev–Trinajstić information content (AvgIpc) is 2.95. The van der Waals surface area contributed by atoms with Crippen molar-refractivity contribution >= 4 is 20.0 Å². The van der Waals surface area contributed by atoms with Crippen LogP contribution in [0.1, 0.15) is 54.4 Å². The molecule has 204 valence electrons. The van der Waals surface area contributed by atoms with Crippen LogP contribution in [0, 0.1) is 13.8 Å². The van der Waals surface area contributed by atoms with Crippen molar-refractivity contribution in [1.29, 1.82) is 0 Å². The molecule has 0 bridgehead atoms. The van der Waals surface area contributed by atoms with Gasteiger partial charge in [-0.05, 0) is 62.1 Å². The van der Waals surface area contributed by atoms with E-state index in [2.05, 4.69) is 60.7 Å². The van der Waals surface area contributed by atoms with Crippen LogP contribution >= 0.6 is 0 Å². The molecule has 0 radical (unpaired) electrons. The summed E-state index contributed by atoms with van der Waals surface area (Å²) in [5.74, 6) is 0. The third-order valence-corrected chi connectivity index (χ3v) is 10.8. The van der Waals surface area contributed by atoms with E-state index in [0.29, 0.717) is 0 Å². The molecule has 0 aliphatic heterocycles. The number of rotatable bonds is 6. The summed E-state index contributed by atoms with van der Waals surface area (Å²) in [6.07, 6.45) is 6.68. The van der Waals surface area contributed by atoms with Crippen molar-refractivity contribution in [3.8, 4) is 0 Å². The van der Waals surface area contributed by atoms with Crippen molar-refractivity contribution in [3.05, 3.63) is 131 Å². The molecule has 4 aromatic rings. The largest absolute Gasteiger partial charge is 0.253 e. The second kappa shape index (κ2) is 12.3. The van der Waals surface area contributed by atoms with Crippen LogP contribution in [0.5, 0.6) is 0 Å². The highest BCUT2D eigenvalue weighted by Crippen LogP contribution is 2.44. The first-order valence-electron chi connectivity index (χ1n) is 13.2. The monoisotopic (exact) mass is 561 g/mol. The van der Waals surface area contributed by atoms with Crippen LogP contribution in [0.3, 0.4) is 0 Å². The number of sulfonamides is 2. The highest BCUT2D eigenvalue weighted by atomic mass is 32.3. The summed E-state index contributed by atoms with van der Waals surface area (Å²) in [4.78, 5) is -0.187. The minimum absolute atomic E-state index is 0.0937. The predicted molar refractivity (Wildman–Crippen MR) is 157 cm³/mol. The first kappa shape index (κ1) is 28.7. The molecule has 1 aliphatic carbocycles. The fraction of sp³-hybridized carbons (Fsp3) is 0.250. The fourth-order valence-corrected chi connectivity index (χ4v) is 8.00. The number of benzene rings is 4. The Morgan fingerprint density at radius 1 is 0.513 bits per heavy atom. The molecule has 0 saturated heterocycles. The van der Waals surface area contributed by atoms with Crippen molar-refractivity contribution in [2.45, 2.75) is 61.2 Å². The van der Waals surface area contributed by atoms with E-state index in [1.807, 2.05) is 13.8 Å². The fourth-order valence-electron chi connectivity index (χ4n) is 5.09. The van der Waals surface area contributed by atoms with E-state index in [-0.39, 0.29) is 15.2 Å². The van der Waals surface area contributed by atoms with E-state index in [1.165, 1.54) is 67.5 Å². The number of aryl methyl sites for hydroxylation is 2. The minimum atomic E-state index is -4.13. The lowest BCUT2D eigenvalue weighted by molar-refractivity contribution is 0.346. The summed E-state index contributed by atoms with van der Waals surface area (Å²) in [5, 5.41) is 0. The second-order valence-corrected chi connectivity index (χ2v) is 13.7. The zero-order chi connectivity index (χ0) is 27.9. The number of hydrogen-bond acceptors (Lipinski definition) is 4. The van der Waals surface area contributed by atoms with Crippen molar-refractivity contribution in [2.24, 2.45) is 0 Å². The Morgan fingerprint density at radius 3 is 1.23 bits per heavy atom. The van der Waals surface area contributed by atoms with Crippen molar-refractivity contribution < 1.29 is 16.8 Å². The van der Waals surface area contributed by atoms with Gasteiger partial charge in [0.25, 0.3) is 20.0 Å². The van der Waals surface area contributed by atoms with Crippen LogP contribution in [-0.2, 0) is 25.5 Å². The molecule has 1 saturated carbocycles. The third kappa shape index (κ3) is 7.04. The lowest BCUT2D eigenvalue weighted by atomic mass is 9.65. The molecule has 0 heterocycles. The Labute approximate surface area is 233 Å². The summed E-state index contributed by atoms with van der Waals surface area (Å²) >= 11 is 0. The van der Waals surface area contributed by atoms with E-state index in [4.69, 9.17) is 0 Å². The zero-order valence-electron chi connectivity index (χ0n) is 22.4. The van der Waals surface area contributed by atoms with Gasteiger partial charge in [0.15, 0.2) is 0 Å². The van der Waals surface area contributed by atoms with Gasteiger partial charge in [-0.1, -0.05) is 115 Å². The molecule has 0 atom stereocenters. The summed E-state index contributed by atoms with van der Waals surface area (Å²) < 4.78 is 50.2. The van der Waals surface area contributed by atoms with Crippen molar-refractivity contribution in [2.75, 3.05) is 0 Å². The Kier molecular flexibility index (Phi) is 9.05. The first-order valence-corrected chi connectivity index (χ1v) is 16.1. The minimum Gasteiger partial charge on any atom is -0.206 e. The lowest BCUT2D eigenvalue weighted by Crippen LogP contribution is -2.30. The maximum atomic E-state index is 12.1. The Hall–Kier alpha value is -3.26. The SMILES string of the molecule is Cc1ccc(S(=O)(=O)NS(=O)(=O)c2ccc(C)cc2)cc1.c1ccc(C2(c3ccccc3)CCCCC2)cc1. The van der Waals surface area contributed by atoms with Crippen LogP contribution in [-0.4, -0.2) is 16.8 Å². The molecule has 0 amide bonds. The third-order valence-electron chi connectivity index (χ3n) is 7.24. The molecule has 5 rings (SSSR count). The smallest absolute Gasteiger partial charge is 0.206 e. The standard InChI is InChI=1S/C18H20.C14H15NO4S2/c1-4-10-16(11-5-1)18(14-8-3-9-15-18)17-12-6-2-7-13-17;1-11-3-7-13(8-4-11)20(16,17)15-21(18,19)14-9-5-12(2)6-10-14/h1-2,4-7,10-13H,3,8-9,14-15H2;3-10,15H,1-2H3. The van der Waals surface area contributed by atoms with Gasteiger partial charge in [0.2, 0.25) is 0 Å². The Balaban J connectivity index is 0.000000183. The molecule has 1 aliphatic rings. The van der Waals surface area contributed by atoms with Crippen LogP contribution in [0.15, 0.2) is 119 Å². The molecular weight excluding hydrogens is 526 g/mol. The van der Waals surface area contributed by atoms with Gasteiger partial charge in [0.1, 0.15) is 0 Å². The van der Waals surface area contributed by atoms with Crippen LogP contribution < -0.4 is 4.13 Å². The van der Waals surface area contributed by atoms with E-state index in [1.54, 1.807) is 28.4 Å². The highest BCUT2D eigenvalue weighted by molar-refractivity contribution is 8.04. The van der Waals surface area contributed by atoms with Gasteiger partial charge in [-0.25, -0.2) is 16.8 Å². The Bertz CT molecular complexity index is 1450. The molecule has 7 heteroatoms. The van der Waals surface area contributed by atoms with Gasteiger partial charge >= 0.3 is 0 Å². The molecule has 0 aromatic heterocycles. The van der Waals surface area contributed by atoms with Gasteiger partial charge in [-0.2, -0.15) is 0 Å². The normalized spacial score (nSPS) is 15.1. The summed E-state index contributed by atoms with van der Waals surface area (Å²) in [5.41, 5.74) is 5.03. The van der Waals surface area contributed by atoms with E-state index >= 15 is 0 Å². The maximum Gasteiger partial charge on any atom is 0.253 e. The second-order valence-electron chi connectivity index (χ2n) is 10.1. The number of nitrogens with one attached hydrogen (secondary N) is 1. The molecule has 0 unspecified atom stereocenters. The van der Waals surface area contributed by atoms with Crippen molar-refractivity contribution in [3.63, 3.8) is 0 Å². The zero-order valence-corrected chi connectivity index (χ0v) is 24.0. The van der Waals surface area contributed by atoms with Crippen LogP contribution in [0.25, 0.3) is 0 Å². The molecule has 5 nitrogen and oxygen atoms in total. The van der Waals surface area contributed by atoms with Gasteiger partial charge in [-0.3, -0.25) is 0 Å². The summed E-state index contributed by atoms with van der Waals surface area (Å²) in [6.45, 7) is 3.62. The quantitative estimate of drug-likeness (QED) is 0.277. The van der Waals surface area contributed by atoms with E-state index in [0.717, 1.165) is 11.1 Å². The topological polar surface area (TPSA) is 80.3 Å². The predicted octanol–water partition coefficient (Wildman–Crippen LogP) is 6.91.